The number of amides is 1. The number of halogens is 2. The van der Waals surface area contributed by atoms with Gasteiger partial charge in [-0.2, -0.15) is 0 Å². The summed E-state index contributed by atoms with van der Waals surface area (Å²) in [5.41, 5.74) is 5.39. The van der Waals surface area contributed by atoms with Crippen LogP contribution in [0.1, 0.15) is 21.5 Å². The summed E-state index contributed by atoms with van der Waals surface area (Å²) in [6.07, 6.45) is 0. The number of pyridine rings is 1. The van der Waals surface area contributed by atoms with E-state index in [0.717, 1.165) is 33.3 Å². The Kier molecular flexibility index (Phi) is 5.86. The van der Waals surface area contributed by atoms with Crippen LogP contribution in [-0.2, 0) is 0 Å². The molecule has 1 N–H and O–H groups in total. The van der Waals surface area contributed by atoms with Crippen molar-refractivity contribution in [2.24, 2.45) is 0 Å². The summed E-state index contributed by atoms with van der Waals surface area (Å²) in [5.74, 6) is 0.473. The minimum Gasteiger partial charge on any atom is -0.497 e. The summed E-state index contributed by atoms with van der Waals surface area (Å²) in [6, 6.07) is 18.4. The van der Waals surface area contributed by atoms with Gasteiger partial charge in [0.1, 0.15) is 5.75 Å². The zero-order valence-corrected chi connectivity index (χ0v) is 18.8. The monoisotopic (exact) mass is 450 g/mol. The van der Waals surface area contributed by atoms with E-state index in [2.05, 4.69) is 11.4 Å². The summed E-state index contributed by atoms with van der Waals surface area (Å²) in [4.78, 5) is 18.2. The fourth-order valence-electron chi connectivity index (χ4n) is 3.56. The Labute approximate surface area is 190 Å². The van der Waals surface area contributed by atoms with Crippen molar-refractivity contribution in [2.75, 3.05) is 12.4 Å². The molecular formula is C25H20Cl2N2O2. The van der Waals surface area contributed by atoms with Gasteiger partial charge in [0.2, 0.25) is 0 Å². The molecule has 6 heteroatoms. The Morgan fingerprint density at radius 3 is 2.42 bits per heavy atom. The van der Waals surface area contributed by atoms with Gasteiger partial charge >= 0.3 is 0 Å². The number of hydrogen-bond donors (Lipinski definition) is 1. The Bertz CT molecular complexity index is 1300. The Morgan fingerprint density at radius 1 is 0.968 bits per heavy atom. The van der Waals surface area contributed by atoms with E-state index in [1.165, 1.54) is 0 Å². The Balaban J connectivity index is 1.87. The van der Waals surface area contributed by atoms with E-state index in [9.17, 15) is 4.79 Å². The first kappa shape index (κ1) is 21.2. The van der Waals surface area contributed by atoms with Gasteiger partial charge in [-0.15, -0.1) is 0 Å². The standard InChI is InChI=1S/C25H20Cl2N2O2/c1-14-10-15(2)24-19(11-14)20(25(30)29-23-12-17(26)6-9-21(23)27)13-22(28-24)16-4-7-18(31-3)8-5-16/h4-13H,1-3H3,(H,29,30). The van der Waals surface area contributed by atoms with Crippen LogP contribution in [0.3, 0.4) is 0 Å². The number of nitrogens with zero attached hydrogens (tertiary/aromatic N) is 1. The molecule has 156 valence electrons. The quantitative estimate of drug-likeness (QED) is 0.361. The molecule has 0 fully saturated rings. The lowest BCUT2D eigenvalue weighted by Crippen LogP contribution is -2.14. The molecule has 0 aliphatic rings. The summed E-state index contributed by atoms with van der Waals surface area (Å²) in [7, 11) is 1.62. The third-order valence-corrected chi connectivity index (χ3v) is 5.62. The van der Waals surface area contributed by atoms with Crippen molar-refractivity contribution < 1.29 is 9.53 Å². The molecule has 0 bridgehead atoms. The molecule has 0 atom stereocenters. The highest BCUT2D eigenvalue weighted by Gasteiger charge is 2.17. The highest BCUT2D eigenvalue weighted by molar-refractivity contribution is 6.36. The van der Waals surface area contributed by atoms with Crippen LogP contribution in [0.5, 0.6) is 5.75 Å². The normalized spacial score (nSPS) is 10.9. The molecule has 0 aliphatic heterocycles. The van der Waals surface area contributed by atoms with E-state index < -0.39 is 0 Å². The van der Waals surface area contributed by atoms with Gasteiger partial charge in [-0.3, -0.25) is 4.79 Å². The minimum atomic E-state index is -0.281. The highest BCUT2D eigenvalue weighted by Crippen LogP contribution is 2.31. The second-order valence-corrected chi connectivity index (χ2v) is 8.18. The third kappa shape index (κ3) is 4.36. The molecule has 0 aliphatic carbocycles. The number of carbonyl (C=O) groups is 1. The first-order valence-electron chi connectivity index (χ1n) is 9.68. The number of nitrogens with one attached hydrogen (secondary N) is 1. The van der Waals surface area contributed by atoms with Crippen LogP contribution >= 0.6 is 23.2 Å². The van der Waals surface area contributed by atoms with Gasteiger partial charge in [0.15, 0.2) is 0 Å². The molecule has 1 heterocycles. The zero-order chi connectivity index (χ0) is 22.1. The lowest BCUT2D eigenvalue weighted by Gasteiger charge is -2.14. The number of fused-ring (bicyclic) bond motifs is 1. The van der Waals surface area contributed by atoms with Crippen molar-refractivity contribution in [1.82, 2.24) is 4.98 Å². The van der Waals surface area contributed by atoms with Crippen molar-refractivity contribution in [3.8, 4) is 17.0 Å². The molecule has 0 unspecified atom stereocenters. The van der Waals surface area contributed by atoms with Crippen LogP contribution in [0.15, 0.2) is 60.7 Å². The number of carbonyl (C=O) groups excluding carboxylic acids is 1. The van der Waals surface area contributed by atoms with E-state index in [0.29, 0.717) is 27.0 Å². The molecule has 0 spiro atoms. The number of anilines is 1. The van der Waals surface area contributed by atoms with E-state index in [1.807, 2.05) is 44.2 Å². The summed E-state index contributed by atoms with van der Waals surface area (Å²) in [6.45, 7) is 4.00. The SMILES string of the molecule is COc1ccc(-c2cc(C(=O)Nc3cc(Cl)ccc3Cl)c3cc(C)cc(C)c3n2)cc1. The molecule has 4 aromatic rings. The molecule has 3 aromatic carbocycles. The van der Waals surface area contributed by atoms with Gasteiger partial charge in [0, 0.05) is 16.0 Å². The molecule has 31 heavy (non-hydrogen) atoms. The van der Waals surface area contributed by atoms with Crippen LogP contribution in [0.2, 0.25) is 10.0 Å². The maximum absolute atomic E-state index is 13.3. The van der Waals surface area contributed by atoms with Gasteiger partial charge < -0.3 is 10.1 Å². The largest absolute Gasteiger partial charge is 0.497 e. The molecule has 0 saturated carbocycles. The fraction of sp³-hybridized carbons (Fsp3) is 0.120. The van der Waals surface area contributed by atoms with Gasteiger partial charge in [0.05, 0.1) is 34.6 Å². The Hall–Kier alpha value is -3.08. The third-order valence-electron chi connectivity index (χ3n) is 5.06. The van der Waals surface area contributed by atoms with Gasteiger partial charge in [-0.05, 0) is 74.0 Å². The van der Waals surface area contributed by atoms with Crippen LogP contribution in [-0.4, -0.2) is 18.0 Å². The zero-order valence-electron chi connectivity index (χ0n) is 17.3. The average molecular weight is 451 g/mol. The average Bonchev–Trinajstić information content (AvgIpc) is 2.75. The molecule has 4 rings (SSSR count). The van der Waals surface area contributed by atoms with Crippen molar-refractivity contribution in [3.05, 3.63) is 87.4 Å². The summed E-state index contributed by atoms with van der Waals surface area (Å²) in [5, 5.41) is 4.58. The molecular weight excluding hydrogens is 431 g/mol. The predicted molar refractivity (Wildman–Crippen MR) is 128 cm³/mol. The molecule has 1 aromatic heterocycles. The smallest absolute Gasteiger partial charge is 0.256 e. The van der Waals surface area contributed by atoms with Gasteiger partial charge in [-0.25, -0.2) is 4.98 Å². The van der Waals surface area contributed by atoms with Gasteiger partial charge in [-0.1, -0.05) is 34.8 Å². The van der Waals surface area contributed by atoms with E-state index in [4.69, 9.17) is 32.9 Å². The molecule has 1 amide bonds. The number of methoxy groups -OCH3 is 1. The molecule has 0 saturated heterocycles. The lowest BCUT2D eigenvalue weighted by molar-refractivity contribution is 0.102. The van der Waals surface area contributed by atoms with Crippen LogP contribution in [0, 0.1) is 13.8 Å². The highest BCUT2D eigenvalue weighted by atomic mass is 35.5. The fourth-order valence-corrected chi connectivity index (χ4v) is 3.90. The van der Waals surface area contributed by atoms with Crippen LogP contribution < -0.4 is 10.1 Å². The lowest BCUT2D eigenvalue weighted by atomic mass is 9.99. The van der Waals surface area contributed by atoms with E-state index in [1.54, 1.807) is 31.4 Å². The molecule has 4 nitrogen and oxygen atoms in total. The second-order valence-electron chi connectivity index (χ2n) is 7.34. The predicted octanol–water partition coefficient (Wildman–Crippen LogP) is 7.09. The van der Waals surface area contributed by atoms with Crippen molar-refractivity contribution >= 4 is 45.7 Å². The van der Waals surface area contributed by atoms with E-state index in [-0.39, 0.29) is 5.91 Å². The number of aromatic nitrogens is 1. The number of aryl methyl sites for hydroxylation is 2. The second kappa shape index (κ2) is 8.58. The number of benzene rings is 3. The van der Waals surface area contributed by atoms with Crippen LogP contribution in [0.4, 0.5) is 5.69 Å². The van der Waals surface area contributed by atoms with Crippen molar-refractivity contribution in [1.29, 1.82) is 0 Å². The van der Waals surface area contributed by atoms with Crippen LogP contribution in [0.25, 0.3) is 22.2 Å². The number of hydrogen-bond acceptors (Lipinski definition) is 3. The number of rotatable bonds is 4. The maximum Gasteiger partial charge on any atom is 0.256 e. The topological polar surface area (TPSA) is 51.2 Å². The maximum atomic E-state index is 13.3. The van der Waals surface area contributed by atoms with E-state index >= 15 is 0 Å². The minimum absolute atomic E-state index is 0.281. The van der Waals surface area contributed by atoms with Crippen molar-refractivity contribution in [3.63, 3.8) is 0 Å². The summed E-state index contributed by atoms with van der Waals surface area (Å²) >= 11 is 12.3. The molecule has 0 radical (unpaired) electrons. The van der Waals surface area contributed by atoms with Crippen molar-refractivity contribution in [2.45, 2.75) is 13.8 Å². The number of ether oxygens (including phenoxy) is 1. The first-order chi connectivity index (χ1) is 14.9. The summed E-state index contributed by atoms with van der Waals surface area (Å²) < 4.78 is 5.25. The Morgan fingerprint density at radius 2 is 1.71 bits per heavy atom. The van der Waals surface area contributed by atoms with Gasteiger partial charge in [0.25, 0.3) is 5.91 Å². The first-order valence-corrected chi connectivity index (χ1v) is 10.4.